The van der Waals surface area contributed by atoms with Crippen LogP contribution >= 0.6 is 11.8 Å². The molecule has 1 aliphatic rings. The maximum atomic E-state index is 13.6. The van der Waals surface area contributed by atoms with Crippen molar-refractivity contribution in [1.82, 2.24) is 10.3 Å². The number of thioether (sulfide) groups is 1. The molecule has 0 radical (unpaired) electrons. The highest BCUT2D eigenvalue weighted by Crippen LogP contribution is 2.34. The summed E-state index contributed by atoms with van der Waals surface area (Å²) in [5.41, 5.74) is 2.80. The third-order valence-electron chi connectivity index (χ3n) is 5.41. The van der Waals surface area contributed by atoms with Gasteiger partial charge in [-0.15, -0.1) is 0 Å². The van der Waals surface area contributed by atoms with Gasteiger partial charge in [-0.2, -0.15) is 0 Å². The van der Waals surface area contributed by atoms with Crippen LogP contribution in [0.5, 0.6) is 0 Å². The molecule has 2 aromatic carbocycles. The Labute approximate surface area is 180 Å². The quantitative estimate of drug-likeness (QED) is 0.462. The molecule has 0 aliphatic carbocycles. The van der Waals surface area contributed by atoms with Crippen LogP contribution in [0.3, 0.4) is 0 Å². The second-order valence-corrected chi connectivity index (χ2v) is 8.37. The minimum absolute atomic E-state index is 0.228. The van der Waals surface area contributed by atoms with Gasteiger partial charge < -0.3 is 14.2 Å². The molecule has 0 saturated carbocycles. The fourth-order valence-electron chi connectivity index (χ4n) is 3.85. The average molecular weight is 436 g/mol. The molecule has 6 nitrogen and oxygen atoms in total. The Balaban J connectivity index is 1.53. The van der Waals surface area contributed by atoms with Crippen LogP contribution in [0.4, 0.5) is 9.18 Å². The lowest BCUT2D eigenvalue weighted by atomic mass is 9.87. The lowest BCUT2D eigenvalue weighted by Crippen LogP contribution is -2.36. The summed E-state index contributed by atoms with van der Waals surface area (Å²) in [6, 6.07) is 12.9. The zero-order valence-electron chi connectivity index (χ0n) is 16.4. The number of aromatic nitrogens is 1. The summed E-state index contributed by atoms with van der Waals surface area (Å²) in [5.74, 6) is 0.165. The van der Waals surface area contributed by atoms with E-state index in [1.54, 1.807) is 25.3 Å². The van der Waals surface area contributed by atoms with Crippen LogP contribution in [0.15, 0.2) is 63.6 Å². The molecule has 0 bridgehead atoms. The van der Waals surface area contributed by atoms with Gasteiger partial charge in [0.2, 0.25) is 11.0 Å². The number of benzene rings is 2. The van der Waals surface area contributed by atoms with Crippen molar-refractivity contribution in [2.75, 3.05) is 0 Å². The van der Waals surface area contributed by atoms with E-state index in [4.69, 9.17) is 8.83 Å². The number of oxazole rings is 1. The van der Waals surface area contributed by atoms with Crippen molar-refractivity contribution in [2.24, 2.45) is 0 Å². The fourth-order valence-corrected chi connectivity index (χ4v) is 4.57. The molecule has 2 aromatic heterocycles. The van der Waals surface area contributed by atoms with Crippen LogP contribution in [0.2, 0.25) is 0 Å². The number of furan rings is 1. The number of carbonyl (C=O) groups excluding carboxylic acids is 2. The van der Waals surface area contributed by atoms with Crippen LogP contribution in [0, 0.1) is 12.7 Å². The van der Waals surface area contributed by atoms with Crippen molar-refractivity contribution < 1.29 is 22.8 Å². The summed E-state index contributed by atoms with van der Waals surface area (Å²) in [7, 11) is 0. The van der Waals surface area contributed by atoms with E-state index in [0.29, 0.717) is 41.1 Å². The molecule has 31 heavy (non-hydrogen) atoms. The average Bonchev–Trinajstić information content (AvgIpc) is 3.44. The van der Waals surface area contributed by atoms with Crippen molar-refractivity contribution >= 4 is 33.1 Å². The molecule has 1 fully saturated rings. The SMILES string of the molecule is Cc1oc(-c2cccc(F)c2)nc1CC(c1ccc2occc2c1)C1NC(=O)SC1=O. The van der Waals surface area contributed by atoms with Crippen LogP contribution in [0.25, 0.3) is 22.4 Å². The smallest absolute Gasteiger partial charge is 0.287 e. The van der Waals surface area contributed by atoms with E-state index in [0.717, 1.165) is 16.5 Å². The van der Waals surface area contributed by atoms with E-state index < -0.39 is 6.04 Å². The first-order valence-corrected chi connectivity index (χ1v) is 10.5. The topological polar surface area (TPSA) is 85.3 Å². The molecule has 5 rings (SSSR count). The van der Waals surface area contributed by atoms with E-state index in [-0.39, 0.29) is 22.1 Å². The molecule has 0 spiro atoms. The van der Waals surface area contributed by atoms with E-state index >= 15 is 0 Å². The third-order valence-corrected chi connectivity index (χ3v) is 6.16. The third kappa shape index (κ3) is 3.74. The van der Waals surface area contributed by atoms with Crippen LogP contribution < -0.4 is 5.32 Å². The van der Waals surface area contributed by atoms with Gasteiger partial charge in [0, 0.05) is 35.1 Å². The summed E-state index contributed by atoms with van der Waals surface area (Å²) in [6.45, 7) is 1.78. The first-order valence-electron chi connectivity index (χ1n) is 9.69. The molecule has 1 N–H and O–H groups in total. The number of hydrogen-bond acceptors (Lipinski definition) is 6. The standard InChI is InChI=1S/C23H17FN2O4S/c1-12-18(25-21(30-12)15-3-2-4-16(24)10-15)11-17(20-22(27)31-23(28)26-20)13-5-6-19-14(9-13)7-8-29-19/h2-10,17,20H,11H2,1H3,(H,26,28). The Morgan fingerprint density at radius 2 is 2.06 bits per heavy atom. The second-order valence-electron chi connectivity index (χ2n) is 7.39. The monoisotopic (exact) mass is 436 g/mol. The van der Waals surface area contributed by atoms with Gasteiger partial charge in [0.25, 0.3) is 5.24 Å². The van der Waals surface area contributed by atoms with Gasteiger partial charge in [-0.05, 0) is 48.9 Å². The normalized spacial score (nSPS) is 17.3. The van der Waals surface area contributed by atoms with E-state index in [1.165, 1.54) is 12.1 Å². The number of aryl methyl sites for hydroxylation is 1. The molecule has 3 heterocycles. The Morgan fingerprint density at radius 3 is 2.84 bits per heavy atom. The highest BCUT2D eigenvalue weighted by atomic mass is 32.2. The fraction of sp³-hybridized carbons (Fsp3) is 0.174. The van der Waals surface area contributed by atoms with E-state index in [9.17, 15) is 14.0 Å². The van der Waals surface area contributed by atoms with E-state index in [2.05, 4.69) is 10.3 Å². The minimum Gasteiger partial charge on any atom is -0.464 e. The molecule has 1 amide bonds. The Morgan fingerprint density at radius 1 is 1.19 bits per heavy atom. The number of fused-ring (bicyclic) bond motifs is 1. The number of carbonyl (C=O) groups is 2. The molecule has 1 aliphatic heterocycles. The molecule has 2 unspecified atom stereocenters. The zero-order chi connectivity index (χ0) is 21.5. The maximum Gasteiger partial charge on any atom is 0.287 e. The van der Waals surface area contributed by atoms with Crippen LogP contribution in [-0.4, -0.2) is 21.4 Å². The zero-order valence-corrected chi connectivity index (χ0v) is 17.2. The number of halogens is 1. The van der Waals surface area contributed by atoms with Crippen LogP contribution in [0.1, 0.15) is 22.9 Å². The van der Waals surface area contributed by atoms with E-state index in [1.807, 2.05) is 24.3 Å². The number of amides is 1. The van der Waals surface area contributed by atoms with Gasteiger partial charge in [0.15, 0.2) is 0 Å². The number of hydrogen-bond donors (Lipinski definition) is 1. The molecule has 1 saturated heterocycles. The maximum absolute atomic E-state index is 13.6. The molecular formula is C23H17FN2O4S. The van der Waals surface area contributed by atoms with Crippen molar-refractivity contribution in [3.8, 4) is 11.5 Å². The number of nitrogens with one attached hydrogen (secondary N) is 1. The summed E-state index contributed by atoms with van der Waals surface area (Å²) in [6.07, 6.45) is 1.97. The second kappa shape index (κ2) is 7.70. The Hall–Kier alpha value is -3.39. The number of rotatable bonds is 5. The van der Waals surface area contributed by atoms with Crippen molar-refractivity contribution in [3.63, 3.8) is 0 Å². The highest BCUT2D eigenvalue weighted by Gasteiger charge is 2.39. The summed E-state index contributed by atoms with van der Waals surface area (Å²) >= 11 is 0.682. The first kappa shape index (κ1) is 19.6. The lowest BCUT2D eigenvalue weighted by Gasteiger charge is -2.22. The Bertz CT molecular complexity index is 1310. The van der Waals surface area contributed by atoms with Gasteiger partial charge in [0.05, 0.1) is 12.0 Å². The van der Waals surface area contributed by atoms with Crippen molar-refractivity contribution in [3.05, 3.63) is 77.6 Å². The first-order chi connectivity index (χ1) is 15.0. The summed E-state index contributed by atoms with van der Waals surface area (Å²) in [5, 5.41) is 3.09. The van der Waals surface area contributed by atoms with Gasteiger partial charge in [0.1, 0.15) is 23.2 Å². The Kier molecular flexibility index (Phi) is 4.86. The predicted molar refractivity (Wildman–Crippen MR) is 114 cm³/mol. The lowest BCUT2D eigenvalue weighted by molar-refractivity contribution is -0.112. The van der Waals surface area contributed by atoms with Crippen LogP contribution in [-0.2, 0) is 11.2 Å². The van der Waals surface area contributed by atoms with Crippen molar-refractivity contribution in [2.45, 2.75) is 25.3 Å². The molecule has 4 aromatic rings. The van der Waals surface area contributed by atoms with Gasteiger partial charge >= 0.3 is 0 Å². The molecule has 156 valence electrons. The highest BCUT2D eigenvalue weighted by molar-refractivity contribution is 8.26. The molecule has 8 heteroatoms. The van der Waals surface area contributed by atoms with Crippen molar-refractivity contribution in [1.29, 1.82) is 0 Å². The predicted octanol–water partition coefficient (Wildman–Crippen LogP) is 5.21. The van der Waals surface area contributed by atoms with Gasteiger partial charge in [-0.3, -0.25) is 9.59 Å². The summed E-state index contributed by atoms with van der Waals surface area (Å²) in [4.78, 5) is 29.0. The van der Waals surface area contributed by atoms with Gasteiger partial charge in [-0.25, -0.2) is 9.37 Å². The largest absolute Gasteiger partial charge is 0.464 e. The summed E-state index contributed by atoms with van der Waals surface area (Å²) < 4.78 is 24.8. The minimum atomic E-state index is -0.685. The molecular weight excluding hydrogens is 419 g/mol. The molecule has 2 atom stereocenters. The number of nitrogens with zero attached hydrogens (tertiary/aromatic N) is 1. The van der Waals surface area contributed by atoms with Gasteiger partial charge in [-0.1, -0.05) is 12.1 Å².